The summed E-state index contributed by atoms with van der Waals surface area (Å²) in [6, 6.07) is -0.535. The molecule has 3 N–H and O–H groups in total. The second-order valence-corrected chi connectivity index (χ2v) is 20.4. The first-order valence-electron chi connectivity index (χ1n) is 29.4. The minimum atomic E-state index is -0.658. The molecule has 0 saturated heterocycles. The van der Waals surface area contributed by atoms with Crippen molar-refractivity contribution in [1.82, 2.24) is 5.32 Å². The van der Waals surface area contributed by atoms with Crippen molar-refractivity contribution in [3.05, 3.63) is 12.2 Å². The van der Waals surface area contributed by atoms with Crippen LogP contribution in [0, 0.1) is 0 Å². The predicted molar refractivity (Wildman–Crippen MR) is 281 cm³/mol. The van der Waals surface area contributed by atoms with Crippen LogP contribution >= 0.6 is 0 Å². The number of aliphatic hydroxyl groups is 2. The minimum Gasteiger partial charge on any atom is -0.394 e. The van der Waals surface area contributed by atoms with Gasteiger partial charge in [0.25, 0.3) is 0 Å². The second kappa shape index (κ2) is 55.5. The molecule has 0 saturated carbocycles. The summed E-state index contributed by atoms with van der Waals surface area (Å²) >= 11 is 0. The quantitative estimate of drug-likeness (QED) is 0.0421. The fraction of sp³-hybridized carbons (Fsp3) is 0.949. The fourth-order valence-corrected chi connectivity index (χ4v) is 9.54. The molecule has 0 aromatic heterocycles. The molecule has 1 amide bonds. The Morgan fingerprint density at radius 3 is 0.873 bits per heavy atom. The number of allylic oxidation sites excluding steroid dienone is 2. The highest BCUT2D eigenvalue weighted by Crippen LogP contribution is 2.18. The van der Waals surface area contributed by atoms with E-state index >= 15 is 0 Å². The molecule has 376 valence electrons. The maximum atomic E-state index is 12.5. The van der Waals surface area contributed by atoms with Crippen LogP contribution in [0.1, 0.15) is 341 Å². The average Bonchev–Trinajstić information content (AvgIpc) is 3.29. The largest absolute Gasteiger partial charge is 0.394 e. The lowest BCUT2D eigenvalue weighted by molar-refractivity contribution is -0.123. The number of unbranched alkanes of at least 4 members (excludes halogenated alkanes) is 46. The SMILES string of the molecule is CCCCCCCCCCCCCC/C=C\CCCCCCCCCCCCCC(=O)NC(CO)C(O)CCCCCCCCCCCCCCCCCCCCCCCCCC. The van der Waals surface area contributed by atoms with E-state index < -0.39 is 12.1 Å². The maximum absolute atomic E-state index is 12.5. The van der Waals surface area contributed by atoms with Gasteiger partial charge >= 0.3 is 0 Å². The standard InChI is InChI=1S/C59H117NO3/c1-3-5-7-9-11-13-15-17-19-21-23-25-27-29-30-31-33-35-37-39-41-43-45-47-49-51-53-55-59(63)60-57(56-61)58(62)54-52-50-48-46-44-42-40-38-36-34-32-28-26-24-22-20-18-16-14-12-10-8-6-4-2/h29-30,57-58,61-62H,3-28,31-56H2,1-2H3,(H,60,63)/b30-29-. The van der Waals surface area contributed by atoms with Gasteiger partial charge in [0, 0.05) is 6.42 Å². The second-order valence-electron chi connectivity index (χ2n) is 20.4. The third-order valence-corrected chi connectivity index (χ3v) is 14.0. The number of carbonyl (C=O) groups excluding carboxylic acids is 1. The van der Waals surface area contributed by atoms with Crippen LogP contribution in [0.15, 0.2) is 12.2 Å². The minimum absolute atomic E-state index is 0.0252. The van der Waals surface area contributed by atoms with E-state index in [1.54, 1.807) is 0 Å². The van der Waals surface area contributed by atoms with Crippen LogP contribution in [0.25, 0.3) is 0 Å². The molecular formula is C59H117NO3. The van der Waals surface area contributed by atoms with Crippen molar-refractivity contribution in [1.29, 1.82) is 0 Å². The Kier molecular flexibility index (Phi) is 54.7. The van der Waals surface area contributed by atoms with Gasteiger partial charge < -0.3 is 15.5 Å². The summed E-state index contributed by atoms with van der Waals surface area (Å²) < 4.78 is 0. The zero-order valence-electron chi connectivity index (χ0n) is 43.4. The molecular weight excluding hydrogens is 771 g/mol. The third-order valence-electron chi connectivity index (χ3n) is 14.0. The van der Waals surface area contributed by atoms with Crippen molar-refractivity contribution >= 4 is 5.91 Å². The molecule has 0 aliphatic heterocycles. The monoisotopic (exact) mass is 888 g/mol. The molecule has 0 aliphatic rings. The van der Waals surface area contributed by atoms with Gasteiger partial charge in [0.2, 0.25) is 5.91 Å². The number of aliphatic hydroxyl groups excluding tert-OH is 2. The first kappa shape index (κ1) is 62.1. The van der Waals surface area contributed by atoms with E-state index in [-0.39, 0.29) is 12.5 Å². The molecule has 63 heavy (non-hydrogen) atoms. The van der Waals surface area contributed by atoms with Gasteiger partial charge in [0.15, 0.2) is 0 Å². The number of hydrogen-bond donors (Lipinski definition) is 3. The topological polar surface area (TPSA) is 69.6 Å². The molecule has 0 bridgehead atoms. The van der Waals surface area contributed by atoms with E-state index in [1.165, 1.54) is 289 Å². The highest BCUT2D eigenvalue weighted by Gasteiger charge is 2.20. The molecule has 2 atom stereocenters. The molecule has 0 fully saturated rings. The van der Waals surface area contributed by atoms with E-state index in [0.717, 1.165) is 25.7 Å². The van der Waals surface area contributed by atoms with Crippen molar-refractivity contribution in [3.8, 4) is 0 Å². The first-order chi connectivity index (χ1) is 31.2. The van der Waals surface area contributed by atoms with Crippen molar-refractivity contribution in [2.24, 2.45) is 0 Å². The van der Waals surface area contributed by atoms with Gasteiger partial charge in [-0.3, -0.25) is 4.79 Å². The van der Waals surface area contributed by atoms with Gasteiger partial charge in [-0.25, -0.2) is 0 Å². The Balaban J connectivity index is 3.42. The third kappa shape index (κ3) is 52.0. The molecule has 0 radical (unpaired) electrons. The van der Waals surface area contributed by atoms with Crippen LogP contribution in [0.2, 0.25) is 0 Å². The highest BCUT2D eigenvalue weighted by atomic mass is 16.3. The van der Waals surface area contributed by atoms with Gasteiger partial charge in [0.05, 0.1) is 18.8 Å². The molecule has 2 unspecified atom stereocenters. The van der Waals surface area contributed by atoms with E-state index in [9.17, 15) is 15.0 Å². The summed E-state index contributed by atoms with van der Waals surface area (Å²) in [7, 11) is 0. The predicted octanol–water partition coefficient (Wildman–Crippen LogP) is 19.3. The van der Waals surface area contributed by atoms with Crippen molar-refractivity contribution in [2.45, 2.75) is 353 Å². The fourth-order valence-electron chi connectivity index (χ4n) is 9.54. The maximum Gasteiger partial charge on any atom is 0.220 e. The summed E-state index contributed by atoms with van der Waals surface area (Å²) in [6.07, 6.45) is 72.1. The molecule has 0 aliphatic carbocycles. The van der Waals surface area contributed by atoms with Gasteiger partial charge in [-0.15, -0.1) is 0 Å². The van der Waals surface area contributed by atoms with Crippen LogP contribution < -0.4 is 5.32 Å². The summed E-state index contributed by atoms with van der Waals surface area (Å²) in [4.78, 5) is 12.5. The zero-order chi connectivity index (χ0) is 45.6. The van der Waals surface area contributed by atoms with E-state index in [2.05, 4.69) is 31.3 Å². The summed E-state index contributed by atoms with van der Waals surface area (Å²) in [5.74, 6) is -0.0252. The van der Waals surface area contributed by atoms with Crippen molar-refractivity contribution < 1.29 is 15.0 Å². The van der Waals surface area contributed by atoms with Gasteiger partial charge in [-0.1, -0.05) is 309 Å². The molecule has 0 aromatic rings. The Labute approximate surface area is 397 Å². The Bertz CT molecular complexity index is 875. The molecule has 0 rings (SSSR count). The average molecular weight is 889 g/mol. The lowest BCUT2D eigenvalue weighted by Crippen LogP contribution is -2.45. The van der Waals surface area contributed by atoms with Gasteiger partial charge in [-0.2, -0.15) is 0 Å². The lowest BCUT2D eigenvalue weighted by atomic mass is 10.0. The van der Waals surface area contributed by atoms with E-state index in [1.807, 2.05) is 0 Å². The van der Waals surface area contributed by atoms with Crippen LogP contribution in [-0.2, 0) is 4.79 Å². The molecule has 0 heterocycles. The number of hydrogen-bond acceptors (Lipinski definition) is 3. The van der Waals surface area contributed by atoms with Crippen LogP contribution in [0.5, 0.6) is 0 Å². The zero-order valence-corrected chi connectivity index (χ0v) is 43.4. The van der Waals surface area contributed by atoms with Crippen molar-refractivity contribution in [3.63, 3.8) is 0 Å². The van der Waals surface area contributed by atoms with E-state index in [0.29, 0.717) is 12.8 Å². The highest BCUT2D eigenvalue weighted by molar-refractivity contribution is 5.76. The summed E-state index contributed by atoms with van der Waals surface area (Å²) in [5, 5.41) is 23.4. The van der Waals surface area contributed by atoms with Crippen LogP contribution in [0.4, 0.5) is 0 Å². The number of rotatable bonds is 55. The Morgan fingerprint density at radius 2 is 0.603 bits per heavy atom. The summed E-state index contributed by atoms with van der Waals surface area (Å²) in [5.41, 5.74) is 0. The molecule has 4 heteroatoms. The van der Waals surface area contributed by atoms with Crippen LogP contribution in [0.3, 0.4) is 0 Å². The smallest absolute Gasteiger partial charge is 0.220 e. The number of carbonyl (C=O) groups is 1. The number of amides is 1. The Morgan fingerprint density at radius 1 is 0.365 bits per heavy atom. The van der Waals surface area contributed by atoms with E-state index in [4.69, 9.17) is 0 Å². The Hall–Kier alpha value is -0.870. The molecule has 0 spiro atoms. The van der Waals surface area contributed by atoms with Crippen molar-refractivity contribution in [2.75, 3.05) is 6.61 Å². The molecule has 4 nitrogen and oxygen atoms in total. The van der Waals surface area contributed by atoms with Gasteiger partial charge in [-0.05, 0) is 38.5 Å². The molecule has 0 aromatic carbocycles. The lowest BCUT2D eigenvalue weighted by Gasteiger charge is -2.22. The summed E-state index contributed by atoms with van der Waals surface area (Å²) in [6.45, 7) is 4.40. The number of nitrogens with one attached hydrogen (secondary N) is 1. The normalized spacial score (nSPS) is 12.8. The van der Waals surface area contributed by atoms with Gasteiger partial charge in [0.1, 0.15) is 0 Å². The van der Waals surface area contributed by atoms with Crippen LogP contribution in [-0.4, -0.2) is 34.9 Å². The first-order valence-corrected chi connectivity index (χ1v) is 29.4.